The molecular weight excluding hydrogens is 258 g/mol. The molecule has 1 aliphatic heterocycles. The Morgan fingerprint density at radius 2 is 2.30 bits per heavy atom. The number of amides is 1. The molecule has 7 heteroatoms. The minimum Gasteiger partial charge on any atom is -0.407 e. The Hall–Kier alpha value is -1.63. The van der Waals surface area contributed by atoms with Gasteiger partial charge in [-0.1, -0.05) is 12.0 Å². The molecule has 1 fully saturated rings. The van der Waals surface area contributed by atoms with Crippen molar-refractivity contribution in [3.63, 3.8) is 0 Å². The molecule has 2 atom stereocenters. The number of nitrogens with zero attached hydrogens (tertiary/aromatic N) is 3. The zero-order valence-electron chi connectivity index (χ0n) is 12.1. The molecule has 0 radical (unpaired) electrons. The number of carbonyl (C=O) groups excluding carboxylic acids is 1. The molecule has 0 spiro atoms. The van der Waals surface area contributed by atoms with E-state index >= 15 is 0 Å². The number of anilines is 1. The van der Waals surface area contributed by atoms with Gasteiger partial charge in [0, 0.05) is 12.6 Å². The van der Waals surface area contributed by atoms with Gasteiger partial charge in [0.25, 0.3) is 0 Å². The van der Waals surface area contributed by atoms with Crippen LogP contribution in [0, 0.1) is 5.92 Å². The lowest BCUT2D eigenvalue weighted by molar-refractivity contribution is -0.122. The first-order valence-electron chi connectivity index (χ1n) is 7.20. The summed E-state index contributed by atoms with van der Waals surface area (Å²) in [4.78, 5) is 13.3. The summed E-state index contributed by atoms with van der Waals surface area (Å²) in [6.45, 7) is 6.24. The highest BCUT2D eigenvalue weighted by Gasteiger charge is 2.31. The number of hydrogen-bond acceptors (Lipinski definition) is 6. The van der Waals surface area contributed by atoms with E-state index in [1.807, 2.05) is 4.90 Å². The van der Waals surface area contributed by atoms with E-state index in [0.717, 1.165) is 25.8 Å². The van der Waals surface area contributed by atoms with Crippen molar-refractivity contribution in [1.29, 1.82) is 0 Å². The minimum atomic E-state index is -0.258. The molecule has 1 saturated heterocycles. The summed E-state index contributed by atoms with van der Waals surface area (Å²) in [5, 5.41) is 11.3. The van der Waals surface area contributed by atoms with Gasteiger partial charge < -0.3 is 20.4 Å². The molecular formula is C13H23N5O2. The van der Waals surface area contributed by atoms with Crippen LogP contribution in [-0.2, 0) is 11.3 Å². The summed E-state index contributed by atoms with van der Waals surface area (Å²) < 4.78 is 5.66. The van der Waals surface area contributed by atoms with Crippen molar-refractivity contribution in [2.24, 2.45) is 11.7 Å². The highest BCUT2D eigenvalue weighted by atomic mass is 16.4. The molecule has 2 heterocycles. The zero-order valence-corrected chi connectivity index (χ0v) is 12.1. The smallest absolute Gasteiger partial charge is 0.318 e. The molecule has 20 heavy (non-hydrogen) atoms. The number of nitrogens with two attached hydrogens (primary N) is 1. The Labute approximate surface area is 118 Å². The van der Waals surface area contributed by atoms with Gasteiger partial charge in [0.1, 0.15) is 0 Å². The van der Waals surface area contributed by atoms with Crippen molar-refractivity contribution in [1.82, 2.24) is 15.5 Å². The average molecular weight is 281 g/mol. The number of piperidine rings is 1. The summed E-state index contributed by atoms with van der Waals surface area (Å²) in [7, 11) is 0. The quantitative estimate of drug-likeness (QED) is 0.743. The molecule has 7 nitrogen and oxygen atoms in total. The summed E-state index contributed by atoms with van der Waals surface area (Å²) >= 11 is 0. The standard InChI is InChI=1S/C13H23N5O2/c1-3-6-15-7-11-16-17-13(20-11)18-8-10(12(14)19)5-4-9(18)2/h9-10,15H,3-8H2,1-2H3,(H2,14,19). The van der Waals surface area contributed by atoms with Gasteiger partial charge in [-0.25, -0.2) is 0 Å². The molecule has 0 aromatic carbocycles. The Morgan fingerprint density at radius 3 is 3.00 bits per heavy atom. The number of carbonyl (C=O) groups is 1. The largest absolute Gasteiger partial charge is 0.407 e. The lowest BCUT2D eigenvalue weighted by Gasteiger charge is -2.35. The summed E-state index contributed by atoms with van der Waals surface area (Å²) in [6.07, 6.45) is 2.79. The molecule has 112 valence electrons. The maximum Gasteiger partial charge on any atom is 0.318 e. The number of aromatic nitrogens is 2. The average Bonchev–Trinajstić information content (AvgIpc) is 2.88. The van der Waals surface area contributed by atoms with E-state index in [1.54, 1.807) is 0 Å². The molecule has 1 aromatic heterocycles. The predicted molar refractivity (Wildman–Crippen MR) is 75.0 cm³/mol. The Kier molecular flexibility index (Phi) is 4.94. The number of nitrogens with one attached hydrogen (secondary N) is 1. The third kappa shape index (κ3) is 3.47. The Balaban J connectivity index is 2.00. The SMILES string of the molecule is CCCNCc1nnc(N2CC(C(N)=O)CCC2C)o1. The molecule has 0 saturated carbocycles. The number of rotatable bonds is 6. The van der Waals surface area contributed by atoms with Gasteiger partial charge in [0.15, 0.2) is 0 Å². The zero-order chi connectivity index (χ0) is 14.5. The van der Waals surface area contributed by atoms with Gasteiger partial charge in [0.2, 0.25) is 11.8 Å². The van der Waals surface area contributed by atoms with E-state index in [9.17, 15) is 4.79 Å². The monoisotopic (exact) mass is 281 g/mol. The highest BCUT2D eigenvalue weighted by Crippen LogP contribution is 2.26. The van der Waals surface area contributed by atoms with Crippen LogP contribution in [0.25, 0.3) is 0 Å². The van der Waals surface area contributed by atoms with E-state index in [-0.39, 0.29) is 17.9 Å². The Bertz CT molecular complexity index is 448. The fourth-order valence-electron chi connectivity index (χ4n) is 2.41. The molecule has 2 rings (SSSR count). The maximum absolute atomic E-state index is 11.3. The van der Waals surface area contributed by atoms with Crippen LogP contribution >= 0.6 is 0 Å². The minimum absolute atomic E-state index is 0.139. The molecule has 1 aliphatic rings. The first-order chi connectivity index (χ1) is 9.61. The van der Waals surface area contributed by atoms with Crippen LogP contribution < -0.4 is 16.0 Å². The number of hydrogen-bond donors (Lipinski definition) is 2. The molecule has 1 aromatic rings. The fourth-order valence-corrected chi connectivity index (χ4v) is 2.41. The van der Waals surface area contributed by atoms with Crippen molar-refractivity contribution < 1.29 is 9.21 Å². The van der Waals surface area contributed by atoms with Crippen molar-refractivity contribution in [3.8, 4) is 0 Å². The van der Waals surface area contributed by atoms with Gasteiger partial charge >= 0.3 is 6.01 Å². The van der Waals surface area contributed by atoms with Crippen molar-refractivity contribution >= 4 is 11.9 Å². The summed E-state index contributed by atoms with van der Waals surface area (Å²) in [5.41, 5.74) is 5.40. The van der Waals surface area contributed by atoms with Crippen molar-refractivity contribution in [2.75, 3.05) is 18.0 Å². The second-order valence-corrected chi connectivity index (χ2v) is 5.33. The normalized spacial score (nSPS) is 23.0. The molecule has 2 unspecified atom stereocenters. The van der Waals surface area contributed by atoms with Crippen molar-refractivity contribution in [3.05, 3.63) is 5.89 Å². The number of primary amides is 1. The van der Waals surface area contributed by atoms with Gasteiger partial charge in [-0.2, -0.15) is 0 Å². The van der Waals surface area contributed by atoms with E-state index in [1.165, 1.54) is 0 Å². The first-order valence-corrected chi connectivity index (χ1v) is 7.20. The second kappa shape index (κ2) is 6.69. The van der Waals surface area contributed by atoms with E-state index in [0.29, 0.717) is 25.0 Å². The van der Waals surface area contributed by atoms with Crippen LogP contribution in [0.15, 0.2) is 4.42 Å². The van der Waals surface area contributed by atoms with Crippen LogP contribution in [0.2, 0.25) is 0 Å². The van der Waals surface area contributed by atoms with Crippen LogP contribution in [0.4, 0.5) is 6.01 Å². The third-order valence-corrected chi connectivity index (χ3v) is 3.69. The Morgan fingerprint density at radius 1 is 1.50 bits per heavy atom. The van der Waals surface area contributed by atoms with Gasteiger partial charge in [0.05, 0.1) is 12.5 Å². The van der Waals surface area contributed by atoms with E-state index in [2.05, 4.69) is 29.4 Å². The van der Waals surface area contributed by atoms with Crippen LogP contribution in [0.1, 0.15) is 39.0 Å². The molecule has 3 N–H and O–H groups in total. The van der Waals surface area contributed by atoms with Crippen LogP contribution in [0.3, 0.4) is 0 Å². The molecule has 1 amide bonds. The lowest BCUT2D eigenvalue weighted by Crippen LogP contribution is -2.46. The van der Waals surface area contributed by atoms with E-state index < -0.39 is 0 Å². The van der Waals surface area contributed by atoms with E-state index in [4.69, 9.17) is 10.2 Å². The van der Waals surface area contributed by atoms with Gasteiger partial charge in [-0.15, -0.1) is 5.10 Å². The highest BCUT2D eigenvalue weighted by molar-refractivity contribution is 5.77. The van der Waals surface area contributed by atoms with Gasteiger partial charge in [-0.05, 0) is 32.7 Å². The second-order valence-electron chi connectivity index (χ2n) is 5.33. The van der Waals surface area contributed by atoms with Gasteiger partial charge in [-0.3, -0.25) is 4.79 Å². The molecule has 0 bridgehead atoms. The fraction of sp³-hybridized carbons (Fsp3) is 0.769. The van der Waals surface area contributed by atoms with Crippen LogP contribution in [0.5, 0.6) is 0 Å². The lowest BCUT2D eigenvalue weighted by atomic mass is 9.93. The van der Waals surface area contributed by atoms with Crippen LogP contribution in [-0.4, -0.2) is 35.2 Å². The predicted octanol–water partition coefficient (Wildman–Crippen LogP) is 0.659. The third-order valence-electron chi connectivity index (χ3n) is 3.69. The van der Waals surface area contributed by atoms with Crippen molar-refractivity contribution in [2.45, 2.75) is 45.7 Å². The maximum atomic E-state index is 11.3. The first kappa shape index (κ1) is 14.8. The summed E-state index contributed by atoms with van der Waals surface area (Å²) in [5.74, 6) is 0.174. The molecule has 0 aliphatic carbocycles. The topological polar surface area (TPSA) is 97.3 Å². The summed E-state index contributed by atoms with van der Waals surface area (Å²) in [6, 6.07) is 0.763.